The van der Waals surface area contributed by atoms with Gasteiger partial charge in [0, 0.05) is 5.75 Å². The van der Waals surface area contributed by atoms with Crippen molar-refractivity contribution in [2.45, 2.75) is 18.0 Å². The smallest absolute Gasteiger partial charge is 0.230 e. The van der Waals surface area contributed by atoms with E-state index in [1.165, 1.54) is 19.4 Å². The van der Waals surface area contributed by atoms with Crippen LogP contribution in [0.3, 0.4) is 0 Å². The lowest BCUT2D eigenvalue weighted by molar-refractivity contribution is 0.410. The highest BCUT2D eigenvalue weighted by Gasteiger charge is 2.13. The quantitative estimate of drug-likeness (QED) is 0.685. The second kappa shape index (κ2) is 4.57. The summed E-state index contributed by atoms with van der Waals surface area (Å²) >= 11 is 1.68. The summed E-state index contributed by atoms with van der Waals surface area (Å²) in [5, 5.41) is 17.9. The molecule has 2 N–H and O–H groups in total. The SMILES string of the molecule is C1CNCC(CSc2nn[nH]n2)C1. The predicted octanol–water partition coefficient (Wildman–Crippen LogP) is 0.291. The van der Waals surface area contributed by atoms with Gasteiger partial charge in [-0.05, 0) is 37.1 Å². The van der Waals surface area contributed by atoms with Gasteiger partial charge < -0.3 is 5.32 Å². The van der Waals surface area contributed by atoms with Crippen LogP contribution in [0.2, 0.25) is 0 Å². The second-order valence-electron chi connectivity index (χ2n) is 3.22. The molecule has 1 aromatic rings. The first kappa shape index (κ1) is 8.96. The van der Waals surface area contributed by atoms with Gasteiger partial charge in [-0.3, -0.25) is 0 Å². The number of tetrazole rings is 1. The highest BCUT2D eigenvalue weighted by atomic mass is 32.2. The molecular weight excluding hydrogens is 186 g/mol. The minimum atomic E-state index is 0.755. The van der Waals surface area contributed by atoms with Crippen LogP contribution in [0, 0.1) is 5.92 Å². The molecule has 0 aliphatic carbocycles. The second-order valence-corrected chi connectivity index (χ2v) is 4.20. The van der Waals surface area contributed by atoms with E-state index >= 15 is 0 Å². The number of aromatic amines is 1. The molecule has 1 aromatic heterocycles. The molecule has 6 heteroatoms. The van der Waals surface area contributed by atoms with Crippen molar-refractivity contribution in [2.75, 3.05) is 18.8 Å². The molecular formula is C7H13N5S. The molecule has 72 valence electrons. The van der Waals surface area contributed by atoms with Crippen LogP contribution in [0.15, 0.2) is 5.16 Å². The molecule has 0 amide bonds. The van der Waals surface area contributed by atoms with Crippen molar-refractivity contribution in [3.8, 4) is 0 Å². The van der Waals surface area contributed by atoms with Gasteiger partial charge in [0.05, 0.1) is 0 Å². The summed E-state index contributed by atoms with van der Waals surface area (Å²) < 4.78 is 0. The lowest BCUT2D eigenvalue weighted by atomic mass is 10.0. The van der Waals surface area contributed by atoms with Crippen molar-refractivity contribution in [2.24, 2.45) is 5.92 Å². The fourth-order valence-electron chi connectivity index (χ4n) is 1.47. The maximum Gasteiger partial charge on any atom is 0.230 e. The maximum atomic E-state index is 3.90. The van der Waals surface area contributed by atoms with E-state index in [1.807, 2.05) is 0 Å². The molecule has 2 heterocycles. The molecule has 1 atom stereocenters. The van der Waals surface area contributed by atoms with Gasteiger partial charge in [0.1, 0.15) is 0 Å². The molecule has 0 bridgehead atoms. The van der Waals surface area contributed by atoms with Crippen LogP contribution < -0.4 is 5.32 Å². The number of H-pyrrole nitrogens is 1. The van der Waals surface area contributed by atoms with Gasteiger partial charge >= 0.3 is 0 Å². The zero-order valence-electron chi connectivity index (χ0n) is 7.36. The number of piperidine rings is 1. The predicted molar refractivity (Wildman–Crippen MR) is 50.5 cm³/mol. The first-order valence-electron chi connectivity index (χ1n) is 4.52. The monoisotopic (exact) mass is 199 g/mol. The van der Waals surface area contributed by atoms with Crippen LogP contribution in [0.1, 0.15) is 12.8 Å². The van der Waals surface area contributed by atoms with Gasteiger partial charge in [-0.25, -0.2) is 0 Å². The molecule has 1 saturated heterocycles. The molecule has 2 rings (SSSR count). The Morgan fingerprint density at radius 1 is 1.54 bits per heavy atom. The van der Waals surface area contributed by atoms with Gasteiger partial charge in [-0.15, -0.1) is 10.2 Å². The van der Waals surface area contributed by atoms with E-state index in [0.717, 1.165) is 23.4 Å². The molecule has 1 aliphatic rings. The summed E-state index contributed by atoms with van der Waals surface area (Å²) in [5.41, 5.74) is 0. The molecule has 13 heavy (non-hydrogen) atoms. The lowest BCUT2D eigenvalue weighted by Gasteiger charge is -2.21. The van der Waals surface area contributed by atoms with E-state index in [9.17, 15) is 0 Å². The maximum absolute atomic E-state index is 3.90. The molecule has 1 aliphatic heterocycles. The Labute approximate surface area is 81.1 Å². The van der Waals surface area contributed by atoms with Crippen LogP contribution in [-0.2, 0) is 0 Å². The summed E-state index contributed by atoms with van der Waals surface area (Å²) in [4.78, 5) is 0. The average Bonchev–Trinajstić information content (AvgIpc) is 2.69. The van der Waals surface area contributed by atoms with Crippen molar-refractivity contribution < 1.29 is 0 Å². The molecule has 0 saturated carbocycles. The fourth-order valence-corrected chi connectivity index (χ4v) is 2.35. The Morgan fingerprint density at radius 2 is 2.54 bits per heavy atom. The van der Waals surface area contributed by atoms with E-state index in [4.69, 9.17) is 0 Å². The van der Waals surface area contributed by atoms with E-state index < -0.39 is 0 Å². The van der Waals surface area contributed by atoms with E-state index in [2.05, 4.69) is 25.9 Å². The largest absolute Gasteiger partial charge is 0.316 e. The molecule has 1 fully saturated rings. The highest BCUT2D eigenvalue weighted by molar-refractivity contribution is 7.99. The Bertz CT molecular complexity index is 231. The minimum absolute atomic E-state index is 0.755. The Morgan fingerprint density at radius 3 is 3.23 bits per heavy atom. The van der Waals surface area contributed by atoms with Gasteiger partial charge in [-0.1, -0.05) is 11.8 Å². The van der Waals surface area contributed by atoms with Crippen molar-refractivity contribution in [1.82, 2.24) is 25.9 Å². The van der Waals surface area contributed by atoms with E-state index in [1.54, 1.807) is 11.8 Å². The zero-order valence-corrected chi connectivity index (χ0v) is 8.18. The molecule has 0 aromatic carbocycles. The zero-order chi connectivity index (χ0) is 8.93. The summed E-state index contributed by atoms with van der Waals surface area (Å²) in [7, 11) is 0. The molecule has 0 radical (unpaired) electrons. The third kappa shape index (κ3) is 2.67. The average molecular weight is 199 g/mol. The van der Waals surface area contributed by atoms with E-state index in [0.29, 0.717) is 0 Å². The highest BCUT2D eigenvalue weighted by Crippen LogP contribution is 2.19. The normalized spacial score (nSPS) is 23.2. The Kier molecular flexibility index (Phi) is 3.15. The Hall–Kier alpha value is -0.620. The first-order valence-corrected chi connectivity index (χ1v) is 5.50. The number of hydrogen-bond acceptors (Lipinski definition) is 5. The summed E-state index contributed by atoms with van der Waals surface area (Å²) in [6.45, 7) is 2.30. The van der Waals surface area contributed by atoms with Crippen molar-refractivity contribution in [1.29, 1.82) is 0 Å². The Balaban J connectivity index is 1.72. The third-order valence-electron chi connectivity index (χ3n) is 2.17. The summed E-state index contributed by atoms with van der Waals surface area (Å²) in [6.07, 6.45) is 2.61. The standard InChI is InChI=1S/C7H13N5S/c1-2-6(4-8-3-1)5-13-7-9-11-12-10-7/h6,8H,1-5H2,(H,9,10,11,12). The molecule has 0 spiro atoms. The van der Waals surface area contributed by atoms with Gasteiger partial charge in [0.25, 0.3) is 0 Å². The number of hydrogen-bond donors (Lipinski definition) is 2. The van der Waals surface area contributed by atoms with Crippen LogP contribution in [-0.4, -0.2) is 39.5 Å². The molecule has 5 nitrogen and oxygen atoms in total. The van der Waals surface area contributed by atoms with Crippen LogP contribution in [0.5, 0.6) is 0 Å². The summed E-state index contributed by atoms with van der Waals surface area (Å²) in [6, 6.07) is 0. The van der Waals surface area contributed by atoms with Gasteiger partial charge in [0.2, 0.25) is 5.16 Å². The molecule has 1 unspecified atom stereocenters. The van der Waals surface area contributed by atoms with Crippen LogP contribution >= 0.6 is 11.8 Å². The topological polar surface area (TPSA) is 66.5 Å². The first-order chi connectivity index (χ1) is 6.45. The third-order valence-corrected chi connectivity index (χ3v) is 3.24. The van der Waals surface area contributed by atoms with Crippen molar-refractivity contribution >= 4 is 11.8 Å². The summed E-state index contributed by atoms with van der Waals surface area (Å²) in [5.74, 6) is 1.85. The van der Waals surface area contributed by atoms with E-state index in [-0.39, 0.29) is 0 Å². The van der Waals surface area contributed by atoms with Gasteiger partial charge in [0.15, 0.2) is 0 Å². The number of rotatable bonds is 3. The minimum Gasteiger partial charge on any atom is -0.316 e. The number of nitrogens with one attached hydrogen (secondary N) is 2. The van der Waals surface area contributed by atoms with Crippen molar-refractivity contribution in [3.63, 3.8) is 0 Å². The van der Waals surface area contributed by atoms with Crippen LogP contribution in [0.4, 0.5) is 0 Å². The van der Waals surface area contributed by atoms with Gasteiger partial charge in [-0.2, -0.15) is 5.21 Å². The number of nitrogens with zero attached hydrogens (tertiary/aromatic N) is 3. The lowest BCUT2D eigenvalue weighted by Crippen LogP contribution is -2.30. The van der Waals surface area contributed by atoms with Crippen LogP contribution in [0.25, 0.3) is 0 Å². The fraction of sp³-hybridized carbons (Fsp3) is 0.857. The van der Waals surface area contributed by atoms with Crippen molar-refractivity contribution in [3.05, 3.63) is 0 Å². The number of aromatic nitrogens is 4. The number of thioether (sulfide) groups is 1.